The smallest absolute Gasteiger partial charge is 0.248 e. The molecule has 146 valence electrons. The number of nitrogens with one attached hydrogen (secondary N) is 1. The van der Waals surface area contributed by atoms with E-state index < -0.39 is 0 Å². The minimum Gasteiger partial charge on any atom is -0.322 e. The second-order valence-electron chi connectivity index (χ2n) is 6.70. The topological polar surface area (TPSA) is 42.0 Å². The molecule has 0 aliphatic carbocycles. The first-order chi connectivity index (χ1) is 14.7. The Morgan fingerprint density at radius 3 is 2.43 bits per heavy atom. The van der Waals surface area contributed by atoms with Gasteiger partial charge in [0, 0.05) is 40.0 Å². The first-order valence-corrected chi connectivity index (χ1v) is 9.92. The zero-order valence-electron chi connectivity index (χ0n) is 16.1. The van der Waals surface area contributed by atoms with Crippen molar-refractivity contribution in [3.8, 4) is 0 Å². The van der Waals surface area contributed by atoms with Gasteiger partial charge in [-0.05, 0) is 41.0 Å². The second kappa shape index (κ2) is 9.21. The third-order valence-electron chi connectivity index (χ3n) is 4.69. The van der Waals surface area contributed by atoms with Crippen LogP contribution in [0.5, 0.6) is 0 Å². The maximum absolute atomic E-state index is 12.5. The average molecular weight is 411 g/mol. The summed E-state index contributed by atoms with van der Waals surface area (Å²) >= 11 is 6.04. The molecule has 4 aromatic rings. The molecule has 0 atom stereocenters. The number of benzene rings is 3. The Labute approximate surface area is 180 Å². The molecule has 1 aromatic heterocycles. The number of pyridine rings is 1. The maximum Gasteiger partial charge on any atom is 0.248 e. The van der Waals surface area contributed by atoms with Crippen LogP contribution in [0.1, 0.15) is 11.1 Å². The van der Waals surface area contributed by atoms with Crippen LogP contribution < -0.4 is 5.32 Å². The van der Waals surface area contributed by atoms with E-state index in [1.807, 2.05) is 84.9 Å². The number of fused-ring (bicyclic) bond motifs is 1. The third-order valence-corrected chi connectivity index (χ3v) is 4.94. The summed E-state index contributed by atoms with van der Waals surface area (Å²) < 4.78 is 0. The van der Waals surface area contributed by atoms with Gasteiger partial charge in [0.15, 0.2) is 0 Å². The van der Waals surface area contributed by atoms with E-state index in [-0.39, 0.29) is 5.91 Å². The lowest BCUT2D eigenvalue weighted by atomic mass is 9.97. The Bertz CT molecular complexity index is 1220. The normalized spacial score (nSPS) is 11.7. The van der Waals surface area contributed by atoms with E-state index in [0.717, 1.165) is 33.2 Å². The van der Waals surface area contributed by atoms with Crippen molar-refractivity contribution in [2.24, 2.45) is 0 Å². The van der Waals surface area contributed by atoms with Crippen LogP contribution in [-0.2, 0) is 4.79 Å². The minimum absolute atomic E-state index is 0.195. The van der Waals surface area contributed by atoms with Crippen LogP contribution >= 0.6 is 11.6 Å². The van der Waals surface area contributed by atoms with E-state index in [9.17, 15) is 4.79 Å². The number of halogens is 1. The number of carbonyl (C=O) groups excluding carboxylic acids is 1. The lowest BCUT2D eigenvalue weighted by Gasteiger charge is -2.08. The number of aromatic nitrogens is 1. The number of amides is 1. The van der Waals surface area contributed by atoms with Gasteiger partial charge in [0.05, 0.1) is 0 Å². The number of anilines is 1. The number of nitrogens with zero attached hydrogens (tertiary/aromatic N) is 1. The molecule has 4 rings (SSSR count). The molecule has 3 aromatic carbocycles. The van der Waals surface area contributed by atoms with Gasteiger partial charge in [-0.2, -0.15) is 0 Å². The molecule has 30 heavy (non-hydrogen) atoms. The highest BCUT2D eigenvalue weighted by Crippen LogP contribution is 2.25. The molecule has 4 heteroatoms. The van der Waals surface area contributed by atoms with Gasteiger partial charge in [-0.15, -0.1) is 0 Å². The van der Waals surface area contributed by atoms with E-state index in [1.165, 1.54) is 6.08 Å². The Morgan fingerprint density at radius 1 is 0.867 bits per heavy atom. The zero-order chi connectivity index (χ0) is 20.8. The SMILES string of the molecule is O=C(/C=C/C=C(/c1ccccc1)c1ccc(Cl)cc1)Nc1cccc2cnccc12. The van der Waals surface area contributed by atoms with Crippen LogP contribution in [0, 0.1) is 0 Å². The highest BCUT2D eigenvalue weighted by Gasteiger charge is 2.05. The lowest BCUT2D eigenvalue weighted by Crippen LogP contribution is -2.08. The van der Waals surface area contributed by atoms with Crippen LogP contribution in [-0.4, -0.2) is 10.9 Å². The van der Waals surface area contributed by atoms with Gasteiger partial charge in [-0.3, -0.25) is 9.78 Å². The standard InChI is InChI=1S/C26H19ClN2O/c27-22-14-12-20(13-15-22)23(19-6-2-1-3-7-19)9-5-11-26(30)29-25-10-4-8-21-18-28-17-16-24(21)25/h1-18H,(H,29,30)/b11-5+,23-9-. The first-order valence-electron chi connectivity index (χ1n) is 9.54. The summed E-state index contributed by atoms with van der Waals surface area (Å²) in [6.07, 6.45) is 8.72. The molecule has 0 fully saturated rings. The van der Waals surface area contributed by atoms with Crippen molar-refractivity contribution in [2.45, 2.75) is 0 Å². The van der Waals surface area contributed by atoms with Crippen LogP contribution in [0.25, 0.3) is 16.3 Å². The summed E-state index contributed by atoms with van der Waals surface area (Å²) in [5.41, 5.74) is 3.85. The molecule has 1 heterocycles. The summed E-state index contributed by atoms with van der Waals surface area (Å²) in [5.74, 6) is -0.195. The van der Waals surface area contributed by atoms with Crippen molar-refractivity contribution >= 4 is 39.5 Å². The van der Waals surface area contributed by atoms with Gasteiger partial charge in [0.25, 0.3) is 0 Å². The predicted octanol–water partition coefficient (Wildman–Crippen LogP) is 6.51. The van der Waals surface area contributed by atoms with E-state index in [1.54, 1.807) is 18.5 Å². The Hall–Kier alpha value is -3.69. The van der Waals surface area contributed by atoms with E-state index in [4.69, 9.17) is 11.6 Å². The largest absolute Gasteiger partial charge is 0.322 e. The molecule has 0 saturated heterocycles. The highest BCUT2D eigenvalue weighted by molar-refractivity contribution is 6.30. The molecule has 0 bridgehead atoms. The summed E-state index contributed by atoms with van der Waals surface area (Å²) in [6.45, 7) is 0. The van der Waals surface area contributed by atoms with Crippen LogP contribution in [0.15, 0.2) is 109 Å². The summed E-state index contributed by atoms with van der Waals surface area (Å²) in [4.78, 5) is 16.6. The average Bonchev–Trinajstić information content (AvgIpc) is 2.78. The molecule has 0 aliphatic heterocycles. The van der Waals surface area contributed by atoms with Crippen molar-refractivity contribution < 1.29 is 4.79 Å². The number of allylic oxidation sites excluding steroid dienone is 2. The minimum atomic E-state index is -0.195. The van der Waals surface area contributed by atoms with E-state index in [2.05, 4.69) is 10.3 Å². The Kier molecular flexibility index (Phi) is 6.02. The Morgan fingerprint density at radius 2 is 1.63 bits per heavy atom. The summed E-state index contributed by atoms with van der Waals surface area (Å²) in [7, 11) is 0. The molecule has 1 amide bonds. The molecule has 3 nitrogen and oxygen atoms in total. The molecule has 0 unspecified atom stereocenters. The van der Waals surface area contributed by atoms with Gasteiger partial charge in [0.2, 0.25) is 5.91 Å². The lowest BCUT2D eigenvalue weighted by molar-refractivity contribution is -0.111. The third kappa shape index (κ3) is 4.65. The number of carbonyl (C=O) groups is 1. The molecule has 1 N–H and O–H groups in total. The first kappa shape index (κ1) is 19.6. The fourth-order valence-electron chi connectivity index (χ4n) is 3.24. The Balaban J connectivity index is 1.58. The van der Waals surface area contributed by atoms with Crippen molar-refractivity contribution in [1.29, 1.82) is 0 Å². The fourth-order valence-corrected chi connectivity index (χ4v) is 3.37. The molecule has 0 saturated carbocycles. The van der Waals surface area contributed by atoms with Crippen molar-refractivity contribution in [3.63, 3.8) is 0 Å². The molecule has 0 radical (unpaired) electrons. The molecular weight excluding hydrogens is 392 g/mol. The van der Waals surface area contributed by atoms with Gasteiger partial charge in [-0.25, -0.2) is 0 Å². The van der Waals surface area contributed by atoms with Gasteiger partial charge >= 0.3 is 0 Å². The van der Waals surface area contributed by atoms with Crippen molar-refractivity contribution in [1.82, 2.24) is 4.98 Å². The predicted molar refractivity (Wildman–Crippen MR) is 124 cm³/mol. The summed E-state index contributed by atoms with van der Waals surface area (Å²) in [6, 6.07) is 25.3. The van der Waals surface area contributed by atoms with Gasteiger partial charge in [0.1, 0.15) is 0 Å². The van der Waals surface area contributed by atoms with Crippen LogP contribution in [0.3, 0.4) is 0 Å². The van der Waals surface area contributed by atoms with E-state index in [0.29, 0.717) is 5.02 Å². The van der Waals surface area contributed by atoms with Crippen molar-refractivity contribution in [3.05, 3.63) is 126 Å². The van der Waals surface area contributed by atoms with Crippen LogP contribution in [0.2, 0.25) is 5.02 Å². The quantitative estimate of drug-likeness (QED) is 0.301. The molecule has 0 spiro atoms. The fraction of sp³-hybridized carbons (Fsp3) is 0. The summed E-state index contributed by atoms with van der Waals surface area (Å²) in [5, 5.41) is 5.57. The monoisotopic (exact) mass is 410 g/mol. The second-order valence-corrected chi connectivity index (χ2v) is 7.14. The van der Waals surface area contributed by atoms with Crippen molar-refractivity contribution in [2.75, 3.05) is 5.32 Å². The van der Waals surface area contributed by atoms with Crippen LogP contribution in [0.4, 0.5) is 5.69 Å². The zero-order valence-corrected chi connectivity index (χ0v) is 16.9. The number of rotatable bonds is 5. The molecule has 0 aliphatic rings. The number of hydrogen-bond donors (Lipinski definition) is 1. The van der Waals surface area contributed by atoms with E-state index >= 15 is 0 Å². The van der Waals surface area contributed by atoms with Gasteiger partial charge < -0.3 is 5.32 Å². The molecular formula is C26H19ClN2O. The maximum atomic E-state index is 12.5. The highest BCUT2D eigenvalue weighted by atomic mass is 35.5. The van der Waals surface area contributed by atoms with Gasteiger partial charge in [-0.1, -0.05) is 78.4 Å². The number of hydrogen-bond acceptors (Lipinski definition) is 2.